The summed E-state index contributed by atoms with van der Waals surface area (Å²) in [5.41, 5.74) is 2.65. The van der Waals surface area contributed by atoms with Crippen molar-refractivity contribution in [1.82, 2.24) is 31.9 Å². The molecule has 12 nitrogen and oxygen atoms in total. The second kappa shape index (κ2) is 39.7. The van der Waals surface area contributed by atoms with E-state index in [1.54, 1.807) is 0 Å². The molecule has 0 aliphatic heterocycles. The first-order chi connectivity index (χ1) is 32.5. The molecule has 66 heavy (non-hydrogen) atoms. The molecule has 12 heteroatoms. The minimum atomic E-state index is -0.301. The van der Waals surface area contributed by atoms with Crippen LogP contribution in [0.2, 0.25) is 0 Å². The number of ether oxygens (including phenoxy) is 2. The van der Waals surface area contributed by atoms with Gasteiger partial charge in [0.2, 0.25) is 0 Å². The van der Waals surface area contributed by atoms with Crippen LogP contribution >= 0.6 is 0 Å². The molecule has 1 aliphatic carbocycles. The van der Waals surface area contributed by atoms with Crippen molar-refractivity contribution in [1.29, 1.82) is 0 Å². The van der Waals surface area contributed by atoms with Crippen molar-refractivity contribution in [2.24, 2.45) is 0 Å². The Morgan fingerprint density at radius 3 is 1.02 bits per heavy atom. The summed E-state index contributed by atoms with van der Waals surface area (Å²) in [6.07, 6.45) is 32.1. The molecular weight excluding hydrogens is 829 g/mol. The highest BCUT2D eigenvalue weighted by Gasteiger charge is 2.27. The first-order valence-electron chi connectivity index (χ1n) is 26.5. The number of benzene rings is 2. The summed E-state index contributed by atoms with van der Waals surface area (Å²) >= 11 is 0. The molecule has 2 aromatic carbocycles. The van der Waals surface area contributed by atoms with Crippen LogP contribution in [0.3, 0.4) is 0 Å². The minimum Gasteiger partial charge on any atom is -0.450 e. The lowest BCUT2D eigenvalue weighted by molar-refractivity contribution is 0.143. The largest absolute Gasteiger partial charge is 0.450 e. The molecule has 1 aliphatic rings. The number of hydrogen-bond acceptors (Lipinski definition) is 6. The number of aryl methyl sites for hydroxylation is 2. The van der Waals surface area contributed by atoms with Gasteiger partial charge in [0.25, 0.3) is 0 Å². The Balaban J connectivity index is 1.01. The molecule has 0 saturated heterocycles. The van der Waals surface area contributed by atoms with Gasteiger partial charge >= 0.3 is 24.2 Å². The van der Waals surface area contributed by atoms with Gasteiger partial charge < -0.3 is 41.4 Å². The maximum Gasteiger partial charge on any atom is 0.407 e. The Morgan fingerprint density at radius 1 is 0.379 bits per heavy atom. The van der Waals surface area contributed by atoms with Crippen LogP contribution in [0.25, 0.3) is 0 Å². The molecule has 1 saturated carbocycles. The van der Waals surface area contributed by atoms with Crippen LogP contribution in [0.5, 0.6) is 0 Å². The van der Waals surface area contributed by atoms with E-state index < -0.39 is 0 Å². The summed E-state index contributed by atoms with van der Waals surface area (Å²) in [5.74, 6) is 0. The fraction of sp³-hybridized carbons (Fsp3) is 0.704. The van der Waals surface area contributed by atoms with E-state index in [4.69, 9.17) is 9.47 Å². The number of carbonyl (C=O) groups excluding carboxylic acids is 4. The first-order valence-corrected chi connectivity index (χ1v) is 26.5. The Labute approximate surface area is 399 Å². The van der Waals surface area contributed by atoms with Crippen LogP contribution in [0, 0.1) is 0 Å². The third-order valence-electron chi connectivity index (χ3n) is 12.6. The molecule has 0 heterocycles. The molecule has 3 rings (SSSR count). The fourth-order valence-electron chi connectivity index (χ4n) is 8.61. The predicted octanol–water partition coefficient (Wildman–Crippen LogP) is 12.2. The highest BCUT2D eigenvalue weighted by atomic mass is 16.6. The summed E-state index contributed by atoms with van der Waals surface area (Å²) in [6, 6.07) is 20.4. The monoisotopic (exact) mass is 919 g/mol. The van der Waals surface area contributed by atoms with Gasteiger partial charge in [-0.15, -0.1) is 0 Å². The average Bonchev–Trinajstić information content (AvgIpc) is 3.32. The fourth-order valence-corrected chi connectivity index (χ4v) is 8.61. The SMILES string of the molecule is O=C(NCCCCCCCCCCCCNC(=O)OCCCCc1ccccc1)N[C@H]1CCCC[C@@H]1NC(=O)NCCCCCCCCCCCCNC(=O)OCCCCc1ccccc1. The van der Waals surface area contributed by atoms with E-state index in [9.17, 15) is 19.2 Å². The van der Waals surface area contributed by atoms with Crippen molar-refractivity contribution in [2.45, 2.75) is 205 Å². The number of carbonyl (C=O) groups is 4. The number of hydrogen-bond donors (Lipinski definition) is 6. The quantitative estimate of drug-likeness (QED) is 0.0368. The second-order valence-electron chi connectivity index (χ2n) is 18.4. The van der Waals surface area contributed by atoms with Gasteiger partial charge in [0.1, 0.15) is 0 Å². The third kappa shape index (κ3) is 31.4. The normalized spacial score (nSPS) is 14.5. The summed E-state index contributed by atoms with van der Waals surface area (Å²) in [6.45, 7) is 3.63. The number of urea groups is 2. The van der Waals surface area contributed by atoms with E-state index in [-0.39, 0.29) is 36.3 Å². The zero-order valence-corrected chi connectivity index (χ0v) is 40.8. The molecule has 6 N–H and O–H groups in total. The van der Waals surface area contributed by atoms with Gasteiger partial charge in [0.05, 0.1) is 25.3 Å². The lowest BCUT2D eigenvalue weighted by Crippen LogP contribution is -2.56. The van der Waals surface area contributed by atoms with Gasteiger partial charge in [-0.05, 0) is 88.2 Å². The molecule has 0 radical (unpaired) electrons. The molecular formula is C54H90N6O6. The number of alkyl carbamates (subject to hydrolysis) is 2. The lowest BCUT2D eigenvalue weighted by atomic mass is 9.90. The second-order valence-corrected chi connectivity index (χ2v) is 18.4. The molecule has 0 aromatic heterocycles. The maximum atomic E-state index is 12.7. The van der Waals surface area contributed by atoms with Crippen molar-refractivity contribution in [3.05, 3.63) is 71.8 Å². The lowest BCUT2D eigenvalue weighted by Gasteiger charge is -2.32. The van der Waals surface area contributed by atoms with Crippen LogP contribution in [-0.4, -0.2) is 75.7 Å². The summed E-state index contributed by atoms with van der Waals surface area (Å²) in [5, 5.41) is 18.1. The van der Waals surface area contributed by atoms with Gasteiger partial charge in [-0.3, -0.25) is 0 Å². The molecule has 1 fully saturated rings. The summed E-state index contributed by atoms with van der Waals surface area (Å²) < 4.78 is 10.6. The number of nitrogens with one attached hydrogen (secondary N) is 6. The van der Waals surface area contributed by atoms with Crippen LogP contribution in [0.15, 0.2) is 60.7 Å². The highest BCUT2D eigenvalue weighted by molar-refractivity contribution is 5.76. The van der Waals surface area contributed by atoms with Crippen molar-refractivity contribution < 1.29 is 28.7 Å². The zero-order chi connectivity index (χ0) is 46.8. The minimum absolute atomic E-state index is 0.0473. The van der Waals surface area contributed by atoms with E-state index >= 15 is 0 Å². The van der Waals surface area contributed by atoms with Gasteiger partial charge in [-0.2, -0.15) is 0 Å². The van der Waals surface area contributed by atoms with Gasteiger partial charge in [-0.25, -0.2) is 19.2 Å². The average molecular weight is 919 g/mol. The van der Waals surface area contributed by atoms with Crippen molar-refractivity contribution in [3.8, 4) is 0 Å². The third-order valence-corrected chi connectivity index (χ3v) is 12.6. The van der Waals surface area contributed by atoms with E-state index in [1.165, 1.54) is 88.2 Å². The van der Waals surface area contributed by atoms with Gasteiger partial charge in [0, 0.05) is 26.2 Å². The predicted molar refractivity (Wildman–Crippen MR) is 269 cm³/mol. The van der Waals surface area contributed by atoms with E-state index in [0.29, 0.717) is 39.4 Å². The van der Waals surface area contributed by atoms with Crippen molar-refractivity contribution in [2.75, 3.05) is 39.4 Å². The number of rotatable bonds is 38. The molecule has 372 valence electrons. The number of amides is 6. The topological polar surface area (TPSA) is 159 Å². The first kappa shape index (κ1) is 55.8. The van der Waals surface area contributed by atoms with Crippen LogP contribution in [0.1, 0.15) is 191 Å². The van der Waals surface area contributed by atoms with Crippen LogP contribution in [-0.2, 0) is 22.3 Å². The van der Waals surface area contributed by atoms with E-state index in [0.717, 1.165) is 116 Å². The van der Waals surface area contributed by atoms with Gasteiger partial charge in [-0.1, -0.05) is 176 Å². The summed E-state index contributed by atoms with van der Waals surface area (Å²) in [4.78, 5) is 49.1. The Morgan fingerprint density at radius 2 is 0.682 bits per heavy atom. The molecule has 0 unspecified atom stereocenters. The van der Waals surface area contributed by atoms with Crippen LogP contribution < -0.4 is 31.9 Å². The Kier molecular flexibility index (Phi) is 33.6. The molecule has 6 amide bonds. The Bertz CT molecular complexity index is 1390. The van der Waals surface area contributed by atoms with E-state index in [1.807, 2.05) is 12.1 Å². The molecule has 2 aromatic rings. The highest BCUT2D eigenvalue weighted by Crippen LogP contribution is 2.19. The van der Waals surface area contributed by atoms with Crippen molar-refractivity contribution >= 4 is 24.2 Å². The standard InChI is InChI=1S/C54H90N6O6/c61-51(55-41-27-13-9-5-1-3-7-11-15-29-43-57-53(63)65-45-31-25-37-47-33-19-17-20-34-47)59-49-39-23-24-40-50(49)60-52(62)56-42-28-14-10-6-2-4-8-12-16-30-44-58-54(64)66-46-32-26-38-48-35-21-18-22-36-48/h17-22,33-36,49-50H,1-16,23-32,37-46H2,(H,57,63)(H,58,64)(H2,55,59,61)(H2,56,60,62)/t49-,50-/m0/s1. The maximum absolute atomic E-state index is 12.7. The molecule has 2 atom stereocenters. The van der Waals surface area contributed by atoms with Crippen LogP contribution in [0.4, 0.5) is 19.2 Å². The van der Waals surface area contributed by atoms with E-state index in [2.05, 4.69) is 80.4 Å². The summed E-state index contributed by atoms with van der Waals surface area (Å²) in [7, 11) is 0. The molecule has 0 spiro atoms. The Hall–Kier alpha value is -4.48. The molecule has 0 bridgehead atoms. The zero-order valence-electron chi connectivity index (χ0n) is 40.8. The van der Waals surface area contributed by atoms with Gasteiger partial charge in [0.15, 0.2) is 0 Å². The number of unbranched alkanes of at least 4 members (excludes halogenated alkanes) is 20. The smallest absolute Gasteiger partial charge is 0.407 e. The van der Waals surface area contributed by atoms with Crippen molar-refractivity contribution in [3.63, 3.8) is 0 Å².